The van der Waals surface area contributed by atoms with Crippen LogP contribution in [0, 0.1) is 20.8 Å². The lowest BCUT2D eigenvalue weighted by atomic mass is 10.3. The van der Waals surface area contributed by atoms with Gasteiger partial charge in [0, 0.05) is 0 Å². The number of nitrogens with zero attached hydrogens (tertiary/aromatic N) is 3. The second-order valence-corrected chi connectivity index (χ2v) is 2.74. The molecule has 0 heterocycles. The molecule has 0 N–H and O–H groups in total. The Bertz CT molecular complexity index is 335. The molecule has 1 aromatic rings. The topological polar surface area (TPSA) is 70.2 Å². The lowest BCUT2D eigenvalue weighted by Gasteiger charge is -2.06. The number of nitro groups is 1. The van der Waals surface area contributed by atoms with Crippen molar-refractivity contribution < 1.29 is 5.03 Å². The quantitative estimate of drug-likeness (QED) is 0.318. The minimum absolute atomic E-state index is 0.374. The fourth-order valence-corrected chi connectivity index (χ4v) is 1.15. The van der Waals surface area contributed by atoms with Crippen molar-refractivity contribution in [2.75, 3.05) is 4.41 Å². The lowest BCUT2D eigenvalue weighted by molar-refractivity contribution is -0.472. The monoisotopic (exact) mass is 195 g/mol. The molecular weight excluding hydrogens is 190 g/mol. The molecule has 13 heavy (non-hydrogen) atoms. The molecule has 0 aromatic heterocycles. The van der Waals surface area contributed by atoms with E-state index in [1.54, 1.807) is 35.7 Å². The van der Waals surface area contributed by atoms with Crippen molar-refractivity contribution in [1.82, 2.24) is 0 Å². The molecule has 66 valence electrons. The van der Waals surface area contributed by atoms with Gasteiger partial charge in [-0.15, -0.1) is 0 Å². The number of hydrogen-bond acceptors (Lipinski definition) is 4. The first-order valence-electron chi connectivity index (χ1n) is 3.31. The maximum atomic E-state index is 10.4. The van der Waals surface area contributed by atoms with Crippen LogP contribution in [0.4, 0.5) is 5.69 Å². The Labute approximate surface area is 78.8 Å². The highest BCUT2D eigenvalue weighted by Crippen LogP contribution is 2.20. The average molecular weight is 195 g/mol. The smallest absolute Gasteiger partial charge is 0.177 e. The Morgan fingerprint density at radius 1 is 1.46 bits per heavy atom. The van der Waals surface area contributed by atoms with Crippen LogP contribution >= 0.6 is 11.9 Å². The highest BCUT2D eigenvalue weighted by molar-refractivity contribution is 8.04. The Morgan fingerprint density at radius 3 is 2.54 bits per heavy atom. The maximum Gasteiger partial charge on any atom is 0.177 e. The molecule has 6 heteroatoms. The van der Waals surface area contributed by atoms with E-state index in [1.165, 1.54) is 0 Å². The molecule has 0 bridgehead atoms. The summed E-state index contributed by atoms with van der Waals surface area (Å²) in [5.41, 5.74) is 0.374. The van der Waals surface area contributed by atoms with Gasteiger partial charge in [-0.25, -0.2) is 10.1 Å². The first kappa shape index (κ1) is 9.35. The molecule has 0 unspecified atom stereocenters. The molecule has 0 saturated carbocycles. The number of para-hydroxylation sites is 1. The Balaban J connectivity index is 2.90. The molecule has 5 nitrogen and oxygen atoms in total. The van der Waals surface area contributed by atoms with Crippen molar-refractivity contribution in [3.05, 3.63) is 40.4 Å². The Hall–Kier alpha value is -1.74. The van der Waals surface area contributed by atoms with Gasteiger partial charge in [0.05, 0.1) is 0 Å². The molecule has 1 rings (SSSR count). The standard InChI is InChI=1S/C7H5N3O2S/c8-6-13-9(10(11)12)7-4-2-1-3-5-7/h1-5H. The maximum absolute atomic E-state index is 10.4. The summed E-state index contributed by atoms with van der Waals surface area (Å²) < 4.78 is 0.708. The highest BCUT2D eigenvalue weighted by Gasteiger charge is 2.17. The third kappa shape index (κ3) is 2.35. The number of anilines is 1. The zero-order valence-corrected chi connectivity index (χ0v) is 7.27. The summed E-state index contributed by atoms with van der Waals surface area (Å²) in [6.07, 6.45) is 0. The van der Waals surface area contributed by atoms with Crippen LogP contribution in [-0.2, 0) is 0 Å². The van der Waals surface area contributed by atoms with Gasteiger partial charge in [-0.2, -0.15) is 5.26 Å². The first-order chi connectivity index (χ1) is 6.25. The molecule has 0 fully saturated rings. The van der Waals surface area contributed by atoms with Gasteiger partial charge < -0.3 is 0 Å². The van der Waals surface area contributed by atoms with Crippen LogP contribution in [0.1, 0.15) is 0 Å². The third-order valence-corrected chi connectivity index (χ3v) is 1.85. The van der Waals surface area contributed by atoms with Crippen LogP contribution in [0.3, 0.4) is 0 Å². The van der Waals surface area contributed by atoms with Gasteiger partial charge in [0.1, 0.15) is 17.6 Å². The van der Waals surface area contributed by atoms with Crippen LogP contribution in [0.2, 0.25) is 0 Å². The number of hydrogen-bond donors (Lipinski definition) is 0. The number of benzene rings is 1. The van der Waals surface area contributed by atoms with Gasteiger partial charge in [0.2, 0.25) is 0 Å². The van der Waals surface area contributed by atoms with E-state index >= 15 is 0 Å². The second-order valence-electron chi connectivity index (χ2n) is 2.03. The summed E-state index contributed by atoms with van der Waals surface area (Å²) in [7, 11) is 0. The minimum atomic E-state index is -0.636. The van der Waals surface area contributed by atoms with Crippen molar-refractivity contribution in [2.45, 2.75) is 0 Å². The molecule has 0 aliphatic heterocycles. The van der Waals surface area contributed by atoms with Crippen LogP contribution < -0.4 is 4.41 Å². The van der Waals surface area contributed by atoms with Crippen LogP contribution in [0.5, 0.6) is 0 Å². The Morgan fingerprint density at radius 2 is 2.08 bits per heavy atom. The molecule has 0 atom stereocenters. The summed E-state index contributed by atoms with van der Waals surface area (Å²) in [6.45, 7) is 0. The van der Waals surface area contributed by atoms with Gasteiger partial charge in [-0.1, -0.05) is 18.2 Å². The van der Waals surface area contributed by atoms with Gasteiger partial charge >= 0.3 is 0 Å². The van der Waals surface area contributed by atoms with E-state index in [1.807, 2.05) is 0 Å². The number of hydrazine groups is 1. The van der Waals surface area contributed by atoms with Crippen LogP contribution in [-0.4, -0.2) is 5.03 Å². The minimum Gasteiger partial charge on any atom is -0.234 e. The summed E-state index contributed by atoms with van der Waals surface area (Å²) in [6, 6.07) is 8.21. The number of thiocyanates is 1. The van der Waals surface area contributed by atoms with Gasteiger partial charge in [-0.3, -0.25) is 0 Å². The zero-order valence-electron chi connectivity index (χ0n) is 6.45. The van der Waals surface area contributed by atoms with E-state index in [0.717, 1.165) is 0 Å². The van der Waals surface area contributed by atoms with E-state index in [9.17, 15) is 10.1 Å². The first-order valence-corrected chi connectivity index (χ1v) is 4.08. The molecule has 1 aromatic carbocycles. The largest absolute Gasteiger partial charge is 0.234 e. The lowest BCUT2D eigenvalue weighted by Crippen LogP contribution is -2.20. The SMILES string of the molecule is N#CSN(c1ccccc1)[N+](=O)[O-]. The fraction of sp³-hybridized carbons (Fsp3) is 0. The predicted octanol–water partition coefficient (Wildman–Crippen LogP) is 1.81. The van der Waals surface area contributed by atoms with Crippen molar-refractivity contribution in [2.24, 2.45) is 0 Å². The van der Waals surface area contributed by atoms with E-state index in [4.69, 9.17) is 5.26 Å². The van der Waals surface area contributed by atoms with E-state index in [0.29, 0.717) is 22.0 Å². The summed E-state index contributed by atoms with van der Waals surface area (Å²) in [5, 5.41) is 19.8. The molecular formula is C7H5N3O2S. The fourth-order valence-electron chi connectivity index (χ4n) is 0.775. The van der Waals surface area contributed by atoms with Crippen LogP contribution in [0.25, 0.3) is 0 Å². The molecule has 0 spiro atoms. The molecule has 0 amide bonds. The van der Waals surface area contributed by atoms with E-state index < -0.39 is 5.03 Å². The molecule has 0 aliphatic carbocycles. The van der Waals surface area contributed by atoms with E-state index in [2.05, 4.69) is 0 Å². The van der Waals surface area contributed by atoms with Gasteiger partial charge in [0.15, 0.2) is 10.4 Å². The van der Waals surface area contributed by atoms with Gasteiger partial charge in [-0.05, 0) is 16.5 Å². The van der Waals surface area contributed by atoms with E-state index in [-0.39, 0.29) is 0 Å². The average Bonchev–Trinajstić information content (AvgIpc) is 2.15. The second kappa shape index (κ2) is 4.33. The summed E-state index contributed by atoms with van der Waals surface area (Å²) in [5.74, 6) is 0. The number of rotatable bonds is 3. The van der Waals surface area contributed by atoms with Crippen molar-refractivity contribution >= 4 is 17.6 Å². The molecule has 0 radical (unpaired) electrons. The van der Waals surface area contributed by atoms with Crippen LogP contribution in [0.15, 0.2) is 30.3 Å². The van der Waals surface area contributed by atoms with Crippen molar-refractivity contribution in [3.63, 3.8) is 0 Å². The summed E-state index contributed by atoms with van der Waals surface area (Å²) in [4.78, 5) is 10.4. The third-order valence-electron chi connectivity index (χ3n) is 1.25. The number of nitriles is 1. The van der Waals surface area contributed by atoms with Gasteiger partial charge in [0.25, 0.3) is 0 Å². The Kier molecular flexibility index (Phi) is 3.11. The van der Waals surface area contributed by atoms with Crippen molar-refractivity contribution in [3.8, 4) is 5.40 Å². The van der Waals surface area contributed by atoms with Crippen molar-refractivity contribution in [1.29, 1.82) is 5.26 Å². The molecule has 0 saturated heterocycles. The molecule has 0 aliphatic rings. The predicted molar refractivity (Wildman–Crippen MR) is 49.1 cm³/mol. The normalized spacial score (nSPS) is 8.85. The summed E-state index contributed by atoms with van der Waals surface area (Å²) >= 11 is 0.477. The highest BCUT2D eigenvalue weighted by atomic mass is 32.2. The zero-order chi connectivity index (χ0) is 9.68.